The van der Waals surface area contributed by atoms with Gasteiger partial charge >= 0.3 is 0 Å². The first kappa shape index (κ1) is 12.4. The molecule has 1 heterocycles. The molecule has 17 heavy (non-hydrogen) atoms. The summed E-state index contributed by atoms with van der Waals surface area (Å²) in [4.78, 5) is 0. The lowest BCUT2D eigenvalue weighted by molar-refractivity contribution is 0.486. The van der Waals surface area contributed by atoms with Gasteiger partial charge < -0.3 is 9.73 Å². The normalized spacial score (nSPS) is 14.5. The summed E-state index contributed by atoms with van der Waals surface area (Å²) in [5, 5.41) is 3.54. The third-order valence-corrected chi connectivity index (χ3v) is 3.39. The van der Waals surface area contributed by atoms with Crippen LogP contribution in [-0.4, -0.2) is 0 Å². The highest BCUT2D eigenvalue weighted by Gasteiger charge is 2.11. The van der Waals surface area contributed by atoms with E-state index in [0.29, 0.717) is 6.04 Å². The van der Waals surface area contributed by atoms with Gasteiger partial charge in [0.1, 0.15) is 0 Å². The van der Waals surface area contributed by atoms with E-state index in [9.17, 15) is 0 Å². The maximum Gasteiger partial charge on any atom is 0.0950 e. The Hall–Kier alpha value is -1.06. The molecule has 0 aliphatic carbocycles. The molecule has 1 unspecified atom stereocenters. The average molecular weight is 294 g/mol. The Kier molecular flexibility index (Phi) is 4.02. The maximum absolute atomic E-state index is 5.09. The minimum Gasteiger partial charge on any atom is -0.472 e. The van der Waals surface area contributed by atoms with Crippen molar-refractivity contribution in [1.82, 2.24) is 5.32 Å². The van der Waals surface area contributed by atoms with Gasteiger partial charge in [-0.05, 0) is 37.6 Å². The molecule has 0 saturated heterocycles. The molecule has 0 spiro atoms. The zero-order valence-corrected chi connectivity index (χ0v) is 11.6. The van der Waals surface area contributed by atoms with E-state index < -0.39 is 0 Å². The Morgan fingerprint density at radius 1 is 1.12 bits per heavy atom. The second-order valence-corrected chi connectivity index (χ2v) is 5.14. The first-order valence-electron chi connectivity index (χ1n) is 5.70. The highest BCUT2D eigenvalue weighted by molar-refractivity contribution is 9.10. The molecule has 2 nitrogen and oxygen atoms in total. The molecule has 0 aliphatic rings. The van der Waals surface area contributed by atoms with Gasteiger partial charge in [-0.25, -0.2) is 0 Å². The number of nitrogens with one attached hydrogen (secondary N) is 1. The number of furan rings is 1. The van der Waals surface area contributed by atoms with Crippen LogP contribution in [0, 0.1) is 0 Å². The summed E-state index contributed by atoms with van der Waals surface area (Å²) in [6.45, 7) is 4.30. The molecule has 0 saturated carbocycles. The molecule has 90 valence electrons. The van der Waals surface area contributed by atoms with Crippen molar-refractivity contribution in [2.45, 2.75) is 25.9 Å². The van der Waals surface area contributed by atoms with E-state index in [1.807, 2.05) is 12.1 Å². The van der Waals surface area contributed by atoms with Crippen molar-refractivity contribution in [2.24, 2.45) is 0 Å². The van der Waals surface area contributed by atoms with E-state index in [0.717, 1.165) is 4.47 Å². The topological polar surface area (TPSA) is 25.2 Å². The first-order chi connectivity index (χ1) is 8.16. The average Bonchev–Trinajstić information content (AvgIpc) is 2.82. The molecule has 1 aromatic carbocycles. The number of halogens is 1. The van der Waals surface area contributed by atoms with Gasteiger partial charge in [-0.3, -0.25) is 0 Å². The molecule has 2 atom stereocenters. The third-order valence-electron chi connectivity index (χ3n) is 2.89. The molecule has 2 rings (SSSR count). The fraction of sp³-hybridized carbons (Fsp3) is 0.286. The van der Waals surface area contributed by atoms with Gasteiger partial charge in [0.25, 0.3) is 0 Å². The minimum atomic E-state index is 0.280. The lowest BCUT2D eigenvalue weighted by Crippen LogP contribution is -2.22. The van der Waals surface area contributed by atoms with E-state index >= 15 is 0 Å². The van der Waals surface area contributed by atoms with Crippen molar-refractivity contribution in [1.29, 1.82) is 0 Å². The Labute approximate surface area is 110 Å². The van der Waals surface area contributed by atoms with Crippen molar-refractivity contribution in [3.8, 4) is 0 Å². The van der Waals surface area contributed by atoms with Crippen LogP contribution in [0.25, 0.3) is 0 Å². The Bertz CT molecular complexity index is 467. The van der Waals surface area contributed by atoms with Gasteiger partial charge in [0, 0.05) is 22.1 Å². The van der Waals surface area contributed by atoms with E-state index in [4.69, 9.17) is 4.42 Å². The quantitative estimate of drug-likeness (QED) is 0.901. The van der Waals surface area contributed by atoms with Crippen LogP contribution in [0.2, 0.25) is 0 Å². The molecule has 0 bridgehead atoms. The van der Waals surface area contributed by atoms with Crippen molar-refractivity contribution in [3.05, 3.63) is 58.5 Å². The summed E-state index contributed by atoms with van der Waals surface area (Å²) in [5.41, 5.74) is 2.45. The standard InChI is InChI=1S/C14H16BrNO/c1-10(12-4-3-5-14(15)8-12)16-11(2)13-6-7-17-9-13/h3-11,16H,1-2H3/t10-,11?/m1/s1. The SMILES string of the molecule is CC(N[C@H](C)c1cccc(Br)c1)c1ccoc1. The molecule has 0 amide bonds. The molecule has 3 heteroatoms. The van der Waals surface area contributed by atoms with E-state index in [2.05, 4.69) is 53.3 Å². The fourth-order valence-corrected chi connectivity index (χ4v) is 2.28. The largest absolute Gasteiger partial charge is 0.472 e. The number of rotatable bonds is 4. The van der Waals surface area contributed by atoms with Crippen molar-refractivity contribution >= 4 is 15.9 Å². The van der Waals surface area contributed by atoms with Crippen molar-refractivity contribution < 1.29 is 4.42 Å². The van der Waals surface area contributed by atoms with E-state index in [-0.39, 0.29) is 6.04 Å². The lowest BCUT2D eigenvalue weighted by atomic mass is 10.1. The maximum atomic E-state index is 5.09. The second-order valence-electron chi connectivity index (χ2n) is 4.22. The monoisotopic (exact) mass is 293 g/mol. The van der Waals surface area contributed by atoms with Crippen LogP contribution in [0.1, 0.15) is 37.1 Å². The van der Waals surface area contributed by atoms with Gasteiger partial charge in [0.05, 0.1) is 12.5 Å². The Balaban J connectivity index is 2.04. The van der Waals surface area contributed by atoms with Crippen LogP contribution < -0.4 is 5.32 Å². The predicted molar refractivity (Wildman–Crippen MR) is 72.8 cm³/mol. The number of hydrogen-bond acceptors (Lipinski definition) is 2. The summed E-state index contributed by atoms with van der Waals surface area (Å²) in [6.07, 6.45) is 3.49. The summed E-state index contributed by atoms with van der Waals surface area (Å²) in [5.74, 6) is 0. The first-order valence-corrected chi connectivity index (χ1v) is 6.49. The van der Waals surface area contributed by atoms with Crippen LogP contribution >= 0.6 is 15.9 Å². The van der Waals surface area contributed by atoms with Crippen LogP contribution in [0.3, 0.4) is 0 Å². The molecule has 0 radical (unpaired) electrons. The Morgan fingerprint density at radius 2 is 1.88 bits per heavy atom. The highest BCUT2D eigenvalue weighted by Crippen LogP contribution is 2.21. The van der Waals surface area contributed by atoms with Crippen LogP contribution in [0.15, 0.2) is 51.7 Å². The van der Waals surface area contributed by atoms with Crippen LogP contribution in [0.5, 0.6) is 0 Å². The number of benzene rings is 1. The minimum absolute atomic E-state index is 0.280. The lowest BCUT2D eigenvalue weighted by Gasteiger charge is -2.19. The summed E-state index contributed by atoms with van der Waals surface area (Å²) in [6, 6.07) is 10.9. The van der Waals surface area contributed by atoms with Gasteiger partial charge in [-0.1, -0.05) is 28.1 Å². The van der Waals surface area contributed by atoms with Crippen molar-refractivity contribution in [2.75, 3.05) is 0 Å². The second kappa shape index (κ2) is 5.52. The molecule has 1 N–H and O–H groups in total. The molecule has 2 aromatic rings. The molecular formula is C14H16BrNO. The van der Waals surface area contributed by atoms with Crippen LogP contribution in [-0.2, 0) is 0 Å². The third kappa shape index (κ3) is 3.20. The Morgan fingerprint density at radius 3 is 2.53 bits per heavy atom. The molecule has 0 fully saturated rings. The molecule has 1 aromatic heterocycles. The molecular weight excluding hydrogens is 278 g/mol. The zero-order chi connectivity index (χ0) is 12.3. The van der Waals surface area contributed by atoms with Gasteiger partial charge in [0.2, 0.25) is 0 Å². The highest BCUT2D eigenvalue weighted by atomic mass is 79.9. The summed E-state index contributed by atoms with van der Waals surface area (Å²) < 4.78 is 6.21. The van der Waals surface area contributed by atoms with Gasteiger partial charge in [0.15, 0.2) is 0 Å². The predicted octanol–water partition coefficient (Wildman–Crippen LogP) is 4.45. The van der Waals surface area contributed by atoms with Gasteiger partial charge in [-0.15, -0.1) is 0 Å². The zero-order valence-electron chi connectivity index (χ0n) is 9.98. The van der Waals surface area contributed by atoms with E-state index in [1.165, 1.54) is 11.1 Å². The van der Waals surface area contributed by atoms with Crippen molar-refractivity contribution in [3.63, 3.8) is 0 Å². The summed E-state index contributed by atoms with van der Waals surface area (Å²) in [7, 11) is 0. The van der Waals surface area contributed by atoms with Gasteiger partial charge in [-0.2, -0.15) is 0 Å². The van der Waals surface area contributed by atoms with Crippen LogP contribution in [0.4, 0.5) is 0 Å². The molecule has 0 aliphatic heterocycles. The smallest absolute Gasteiger partial charge is 0.0950 e. The van der Waals surface area contributed by atoms with E-state index in [1.54, 1.807) is 12.5 Å². The number of hydrogen-bond donors (Lipinski definition) is 1. The summed E-state index contributed by atoms with van der Waals surface area (Å²) >= 11 is 3.49. The fourth-order valence-electron chi connectivity index (χ4n) is 1.86.